The number of allylic oxidation sites excluding steroid dienone is 2. The molecule has 36 heavy (non-hydrogen) atoms. The van der Waals surface area contributed by atoms with Gasteiger partial charge in [-0.15, -0.1) is 0 Å². The van der Waals surface area contributed by atoms with Crippen LogP contribution in [0.3, 0.4) is 0 Å². The van der Waals surface area contributed by atoms with E-state index in [0.717, 1.165) is 16.3 Å². The molecule has 0 radical (unpaired) electrons. The van der Waals surface area contributed by atoms with E-state index in [0.29, 0.717) is 0 Å². The van der Waals surface area contributed by atoms with Gasteiger partial charge in [-0.05, 0) is 59.5 Å². The number of aromatic nitrogens is 1. The van der Waals surface area contributed by atoms with Crippen molar-refractivity contribution in [3.8, 4) is 27.9 Å². The third-order valence-electron chi connectivity index (χ3n) is 7.96. The van der Waals surface area contributed by atoms with E-state index < -0.39 is 0 Å². The second-order valence-electron chi connectivity index (χ2n) is 10.3. The fourth-order valence-corrected chi connectivity index (χ4v) is 6.40. The van der Waals surface area contributed by atoms with Crippen LogP contribution in [0.2, 0.25) is 0 Å². The van der Waals surface area contributed by atoms with Gasteiger partial charge in [-0.25, -0.2) is 0 Å². The van der Waals surface area contributed by atoms with Crippen LogP contribution in [0.15, 0.2) is 91.0 Å². The van der Waals surface area contributed by atoms with Crippen LogP contribution in [-0.4, -0.2) is 4.57 Å². The predicted molar refractivity (Wildman–Crippen MR) is 154 cm³/mol. The smallest absolute Gasteiger partial charge is 0.0622 e. The second kappa shape index (κ2) is 7.35. The first-order chi connectivity index (χ1) is 17.5. The first-order valence-electron chi connectivity index (χ1n) is 12.6. The van der Waals surface area contributed by atoms with Crippen LogP contribution in [-0.2, 0) is 5.41 Å². The maximum absolute atomic E-state index is 4.56. The predicted octanol–water partition coefficient (Wildman–Crippen LogP) is 7.43. The second-order valence-corrected chi connectivity index (χ2v) is 10.3. The quantitative estimate of drug-likeness (QED) is 0.288. The highest BCUT2D eigenvalue weighted by atomic mass is 15.0. The topological polar surface area (TPSA) is 17.0 Å². The maximum Gasteiger partial charge on any atom is 0.0622 e. The zero-order valence-corrected chi connectivity index (χ0v) is 20.9. The zero-order valence-electron chi connectivity index (χ0n) is 20.9. The van der Waals surface area contributed by atoms with Crippen LogP contribution in [0, 0.1) is 0 Å². The van der Waals surface area contributed by atoms with Crippen LogP contribution in [0.5, 0.6) is 0 Å². The Morgan fingerprint density at radius 3 is 2.42 bits per heavy atom. The van der Waals surface area contributed by atoms with E-state index >= 15 is 0 Å². The Labute approximate surface area is 211 Å². The Balaban J connectivity index is 1.69. The first kappa shape index (κ1) is 21.0. The van der Waals surface area contributed by atoms with Crippen molar-refractivity contribution in [2.45, 2.75) is 26.2 Å². The summed E-state index contributed by atoms with van der Waals surface area (Å²) in [5, 5.41) is 7.19. The van der Waals surface area contributed by atoms with E-state index in [1.807, 2.05) is 0 Å². The summed E-state index contributed by atoms with van der Waals surface area (Å²) >= 11 is 0. The lowest BCUT2D eigenvalue weighted by Gasteiger charge is -2.26. The lowest BCUT2D eigenvalue weighted by molar-refractivity contribution is 0.663. The molecule has 1 N–H and O–H groups in total. The molecule has 2 aliphatic rings. The van der Waals surface area contributed by atoms with Crippen molar-refractivity contribution in [1.82, 2.24) is 4.57 Å². The molecule has 0 bridgehead atoms. The molecule has 7 rings (SSSR count). The summed E-state index contributed by atoms with van der Waals surface area (Å²) in [5.41, 5.74) is 12.6. The fourth-order valence-electron chi connectivity index (χ4n) is 6.40. The molecule has 0 saturated carbocycles. The van der Waals surface area contributed by atoms with Crippen LogP contribution < -0.4 is 15.9 Å². The Bertz CT molecular complexity index is 1850. The Hall–Kier alpha value is -4.30. The summed E-state index contributed by atoms with van der Waals surface area (Å²) in [5.74, 6) is 0. The molecular formula is C34H28N2. The number of nitrogens with zero attached hydrogens (tertiary/aromatic N) is 1. The third-order valence-corrected chi connectivity index (χ3v) is 7.96. The standard InChI is InChI=1S/C34H28N2/c1-5-6-15-28-21(2)23-17-19-26-31-30-25(24-14-10-11-16-29(24)36(28)33(23)31)18-20-27(32(30)34(26,3)4)35-22-12-8-7-9-13-22/h5-20,35H,2H2,1,3-4H3/b6-5-,28-15+. The summed E-state index contributed by atoms with van der Waals surface area (Å²) in [6, 6.07) is 28.5. The van der Waals surface area contributed by atoms with Gasteiger partial charge in [0.25, 0.3) is 0 Å². The summed E-state index contributed by atoms with van der Waals surface area (Å²) in [6.07, 6.45) is 6.39. The number of hydrogen-bond donors (Lipinski definition) is 1. The zero-order chi connectivity index (χ0) is 24.6. The van der Waals surface area contributed by atoms with Gasteiger partial charge in [-0.3, -0.25) is 0 Å². The molecule has 0 amide bonds. The lowest BCUT2D eigenvalue weighted by Crippen LogP contribution is -2.27. The van der Waals surface area contributed by atoms with Gasteiger partial charge < -0.3 is 9.88 Å². The van der Waals surface area contributed by atoms with Crippen LogP contribution >= 0.6 is 0 Å². The average molecular weight is 465 g/mol. The van der Waals surface area contributed by atoms with Gasteiger partial charge in [-0.1, -0.05) is 87.2 Å². The molecule has 0 saturated heterocycles. The summed E-state index contributed by atoms with van der Waals surface area (Å²) in [6.45, 7) is 11.3. The molecule has 0 atom stereocenters. The molecule has 0 unspecified atom stereocenters. The molecular weight excluding hydrogens is 436 g/mol. The molecule has 2 heteroatoms. The van der Waals surface area contributed by atoms with E-state index in [4.69, 9.17) is 0 Å². The Morgan fingerprint density at radius 1 is 0.833 bits per heavy atom. The van der Waals surface area contributed by atoms with Gasteiger partial charge in [0.2, 0.25) is 0 Å². The molecule has 0 fully saturated rings. The maximum atomic E-state index is 4.56. The molecule has 1 aromatic heterocycles. The SMILES string of the molecule is C=c1/c(=C\C=C/C)n2c3c4c(ccc13)C(C)(C)c1c(Nc3ccccc3)ccc(c1-4)-c1ccccc1-2. The van der Waals surface area contributed by atoms with Crippen molar-refractivity contribution in [2.75, 3.05) is 5.32 Å². The Morgan fingerprint density at radius 2 is 1.61 bits per heavy atom. The van der Waals surface area contributed by atoms with Crippen LogP contribution in [0.25, 0.3) is 51.5 Å². The minimum absolute atomic E-state index is 0.151. The monoisotopic (exact) mass is 464 g/mol. The lowest BCUT2D eigenvalue weighted by atomic mass is 9.80. The van der Waals surface area contributed by atoms with Gasteiger partial charge in [0, 0.05) is 38.5 Å². The molecule has 1 aliphatic carbocycles. The van der Waals surface area contributed by atoms with E-state index in [2.05, 4.69) is 134 Å². The number of hydrogen-bond acceptors (Lipinski definition) is 1. The minimum atomic E-state index is -0.151. The highest BCUT2D eigenvalue weighted by molar-refractivity contribution is 6.10. The van der Waals surface area contributed by atoms with Crippen molar-refractivity contribution >= 4 is 34.9 Å². The molecule has 4 aromatic carbocycles. The number of anilines is 2. The van der Waals surface area contributed by atoms with Crippen molar-refractivity contribution in [2.24, 2.45) is 0 Å². The summed E-state index contributed by atoms with van der Waals surface area (Å²) < 4.78 is 2.45. The van der Waals surface area contributed by atoms with E-state index in [9.17, 15) is 0 Å². The van der Waals surface area contributed by atoms with Gasteiger partial charge in [0.15, 0.2) is 0 Å². The van der Waals surface area contributed by atoms with E-state index in [1.54, 1.807) is 0 Å². The molecule has 1 aliphatic heterocycles. The molecule has 0 spiro atoms. The highest BCUT2D eigenvalue weighted by Gasteiger charge is 2.42. The van der Waals surface area contributed by atoms with E-state index in [1.165, 1.54) is 55.7 Å². The van der Waals surface area contributed by atoms with Gasteiger partial charge in [0.05, 0.1) is 16.6 Å². The van der Waals surface area contributed by atoms with Crippen molar-refractivity contribution in [3.05, 3.63) is 113 Å². The van der Waals surface area contributed by atoms with Gasteiger partial charge >= 0.3 is 0 Å². The van der Waals surface area contributed by atoms with E-state index in [-0.39, 0.29) is 5.41 Å². The number of nitrogens with one attached hydrogen (secondary N) is 1. The van der Waals surface area contributed by atoms with Gasteiger partial charge in [0.1, 0.15) is 0 Å². The number of rotatable bonds is 3. The Kier molecular flexibility index (Phi) is 4.29. The largest absolute Gasteiger partial charge is 0.355 e. The fraction of sp³-hybridized carbons (Fsp3) is 0.118. The molecule has 2 heterocycles. The number of para-hydroxylation sites is 2. The third kappa shape index (κ3) is 2.62. The highest BCUT2D eigenvalue weighted by Crippen LogP contribution is 2.58. The first-order valence-corrected chi connectivity index (χ1v) is 12.6. The van der Waals surface area contributed by atoms with Gasteiger partial charge in [-0.2, -0.15) is 0 Å². The van der Waals surface area contributed by atoms with Crippen LogP contribution in [0.4, 0.5) is 11.4 Å². The number of fused-ring (bicyclic) bond motifs is 3. The average Bonchev–Trinajstić information content (AvgIpc) is 3.26. The summed E-state index contributed by atoms with van der Waals surface area (Å²) in [4.78, 5) is 0. The molecule has 2 nitrogen and oxygen atoms in total. The van der Waals surface area contributed by atoms with Crippen LogP contribution in [0.1, 0.15) is 31.9 Å². The normalized spacial score (nSPS) is 14.9. The van der Waals surface area contributed by atoms with Crippen molar-refractivity contribution < 1.29 is 0 Å². The molecule has 5 aromatic rings. The minimum Gasteiger partial charge on any atom is -0.355 e. The van der Waals surface area contributed by atoms with Crippen molar-refractivity contribution in [3.63, 3.8) is 0 Å². The number of benzene rings is 4. The molecule has 174 valence electrons. The summed E-state index contributed by atoms with van der Waals surface area (Å²) in [7, 11) is 0. The van der Waals surface area contributed by atoms with Crippen molar-refractivity contribution in [1.29, 1.82) is 0 Å².